The largest absolute Gasteiger partial charge is 0.445 e. The Morgan fingerprint density at radius 1 is 1.42 bits per heavy atom. The van der Waals surface area contributed by atoms with Gasteiger partial charge in [-0.25, -0.2) is 4.98 Å². The molecule has 1 rings (SSSR count). The highest BCUT2D eigenvalue weighted by Gasteiger charge is 2.21. The van der Waals surface area contributed by atoms with Crippen LogP contribution in [0.5, 0.6) is 0 Å². The van der Waals surface area contributed by atoms with Crippen molar-refractivity contribution in [1.29, 1.82) is 0 Å². The van der Waals surface area contributed by atoms with Crippen molar-refractivity contribution >= 4 is 5.91 Å². The highest BCUT2D eigenvalue weighted by molar-refractivity contribution is 5.77. The average molecular weight is 268 g/mol. The maximum atomic E-state index is 11.2. The predicted molar refractivity (Wildman–Crippen MR) is 73.1 cm³/mol. The van der Waals surface area contributed by atoms with Crippen LogP contribution in [-0.4, -0.2) is 31.2 Å². The topological polar surface area (TPSA) is 64.4 Å². The van der Waals surface area contributed by atoms with Crippen LogP contribution in [0.15, 0.2) is 4.42 Å². The van der Waals surface area contributed by atoms with E-state index in [1.165, 1.54) is 7.11 Å². The number of aromatic nitrogens is 1. The molecular formula is C14H24N2O3. The van der Waals surface area contributed by atoms with E-state index in [4.69, 9.17) is 9.15 Å². The van der Waals surface area contributed by atoms with E-state index < -0.39 is 0 Å². The third-order valence-corrected chi connectivity index (χ3v) is 2.71. The Balaban J connectivity index is 2.42. The number of nitrogens with zero attached hydrogens (tertiary/aromatic N) is 1. The quantitative estimate of drug-likeness (QED) is 0.801. The summed E-state index contributed by atoms with van der Waals surface area (Å²) in [6.07, 6.45) is 1.61. The van der Waals surface area contributed by atoms with Crippen LogP contribution >= 0.6 is 0 Å². The first-order valence-corrected chi connectivity index (χ1v) is 6.57. The molecule has 0 saturated heterocycles. The van der Waals surface area contributed by atoms with Gasteiger partial charge in [0.2, 0.25) is 5.91 Å². The molecule has 0 saturated carbocycles. The maximum absolute atomic E-state index is 11.2. The van der Waals surface area contributed by atoms with Crippen molar-refractivity contribution < 1.29 is 13.9 Å². The van der Waals surface area contributed by atoms with Crippen LogP contribution in [-0.2, 0) is 21.4 Å². The van der Waals surface area contributed by atoms with Crippen molar-refractivity contribution in [1.82, 2.24) is 10.3 Å². The summed E-state index contributed by atoms with van der Waals surface area (Å²) in [6, 6.07) is 0. The van der Waals surface area contributed by atoms with Gasteiger partial charge in [-0.05, 0) is 13.3 Å². The second-order valence-electron chi connectivity index (χ2n) is 5.66. The van der Waals surface area contributed by atoms with E-state index in [-0.39, 0.29) is 17.9 Å². The minimum atomic E-state index is -0.0906. The van der Waals surface area contributed by atoms with E-state index in [1.54, 1.807) is 0 Å². The summed E-state index contributed by atoms with van der Waals surface area (Å²) in [4.78, 5) is 15.6. The Hall–Kier alpha value is -1.36. The molecule has 0 aliphatic heterocycles. The number of rotatable bonds is 6. The Bertz CT molecular complexity index is 419. The third-order valence-electron chi connectivity index (χ3n) is 2.71. The smallest absolute Gasteiger partial charge is 0.245 e. The molecule has 0 bridgehead atoms. The minimum absolute atomic E-state index is 0.0737. The number of hydrogen-bond acceptors (Lipinski definition) is 4. The van der Waals surface area contributed by atoms with Gasteiger partial charge in [-0.2, -0.15) is 0 Å². The summed E-state index contributed by atoms with van der Waals surface area (Å²) in [6.45, 7) is 8.91. The number of oxazole rings is 1. The lowest BCUT2D eigenvalue weighted by atomic mass is 9.97. The van der Waals surface area contributed by atoms with E-state index in [0.29, 0.717) is 6.54 Å². The SMILES string of the molecule is COCC(=O)NCCCc1oc(C(C)(C)C)nc1C. The molecule has 0 atom stereocenters. The van der Waals surface area contributed by atoms with Crippen molar-refractivity contribution in [3.05, 3.63) is 17.3 Å². The zero-order chi connectivity index (χ0) is 14.5. The van der Waals surface area contributed by atoms with Gasteiger partial charge in [-0.15, -0.1) is 0 Å². The summed E-state index contributed by atoms with van der Waals surface area (Å²) in [5, 5.41) is 2.78. The summed E-state index contributed by atoms with van der Waals surface area (Å²) in [5.74, 6) is 1.58. The van der Waals surface area contributed by atoms with E-state index in [0.717, 1.165) is 30.2 Å². The summed E-state index contributed by atoms with van der Waals surface area (Å²) in [5.41, 5.74) is 0.864. The fourth-order valence-electron chi connectivity index (χ4n) is 1.64. The average Bonchev–Trinajstić information content (AvgIpc) is 2.66. The Morgan fingerprint density at radius 2 is 2.11 bits per heavy atom. The molecule has 5 nitrogen and oxygen atoms in total. The standard InChI is InChI=1S/C14H24N2O3/c1-10-11(19-13(16-10)14(2,3)4)7-6-8-15-12(17)9-18-5/h6-9H2,1-5H3,(H,15,17). The van der Waals surface area contributed by atoms with E-state index in [1.807, 2.05) is 6.92 Å². The number of methoxy groups -OCH3 is 1. The number of carbonyl (C=O) groups excluding carboxylic acids is 1. The fourth-order valence-corrected chi connectivity index (χ4v) is 1.64. The Kier molecular flexibility index (Phi) is 5.54. The van der Waals surface area contributed by atoms with Gasteiger partial charge in [0.1, 0.15) is 12.4 Å². The van der Waals surface area contributed by atoms with Crippen LogP contribution in [0.1, 0.15) is 44.5 Å². The number of hydrogen-bond donors (Lipinski definition) is 1. The molecule has 0 fully saturated rings. The molecule has 19 heavy (non-hydrogen) atoms. The molecule has 1 heterocycles. The second kappa shape index (κ2) is 6.70. The monoisotopic (exact) mass is 268 g/mol. The lowest BCUT2D eigenvalue weighted by Gasteiger charge is -2.12. The van der Waals surface area contributed by atoms with Gasteiger partial charge >= 0.3 is 0 Å². The van der Waals surface area contributed by atoms with Crippen LogP contribution in [0.25, 0.3) is 0 Å². The number of carbonyl (C=O) groups is 1. The van der Waals surface area contributed by atoms with Crippen LogP contribution in [0.2, 0.25) is 0 Å². The number of ether oxygens (including phenoxy) is 1. The molecule has 1 aromatic heterocycles. The first kappa shape index (κ1) is 15.7. The zero-order valence-electron chi connectivity index (χ0n) is 12.5. The molecule has 0 radical (unpaired) electrons. The molecule has 1 N–H and O–H groups in total. The van der Waals surface area contributed by atoms with Crippen LogP contribution in [0.3, 0.4) is 0 Å². The molecule has 1 aromatic rings. The normalized spacial score (nSPS) is 11.6. The van der Waals surface area contributed by atoms with Crippen LogP contribution in [0, 0.1) is 6.92 Å². The molecular weight excluding hydrogens is 244 g/mol. The van der Waals surface area contributed by atoms with Crippen molar-refractivity contribution in [2.75, 3.05) is 20.3 Å². The van der Waals surface area contributed by atoms with Crippen molar-refractivity contribution in [2.24, 2.45) is 0 Å². The zero-order valence-corrected chi connectivity index (χ0v) is 12.5. The van der Waals surface area contributed by atoms with Crippen LogP contribution in [0.4, 0.5) is 0 Å². The Labute approximate surface area is 114 Å². The van der Waals surface area contributed by atoms with Gasteiger partial charge in [0, 0.05) is 25.5 Å². The van der Waals surface area contributed by atoms with Gasteiger partial charge < -0.3 is 14.5 Å². The summed E-state index contributed by atoms with van der Waals surface area (Å²) >= 11 is 0. The second-order valence-corrected chi connectivity index (χ2v) is 5.66. The molecule has 5 heteroatoms. The molecule has 0 spiro atoms. The Morgan fingerprint density at radius 3 is 2.63 bits per heavy atom. The number of amides is 1. The minimum Gasteiger partial charge on any atom is -0.445 e. The van der Waals surface area contributed by atoms with Gasteiger partial charge in [0.05, 0.1) is 5.69 Å². The van der Waals surface area contributed by atoms with Gasteiger partial charge in [-0.3, -0.25) is 4.79 Å². The number of nitrogens with one attached hydrogen (secondary N) is 1. The predicted octanol–water partition coefficient (Wildman–Crippen LogP) is 1.98. The molecule has 108 valence electrons. The third kappa shape index (κ3) is 5.03. The number of aryl methyl sites for hydroxylation is 2. The molecule has 1 amide bonds. The van der Waals surface area contributed by atoms with E-state index in [2.05, 4.69) is 31.1 Å². The highest BCUT2D eigenvalue weighted by atomic mass is 16.5. The first-order chi connectivity index (χ1) is 8.84. The lowest BCUT2D eigenvalue weighted by Crippen LogP contribution is -2.28. The summed E-state index contributed by atoms with van der Waals surface area (Å²) < 4.78 is 10.5. The first-order valence-electron chi connectivity index (χ1n) is 6.57. The van der Waals surface area contributed by atoms with E-state index in [9.17, 15) is 4.79 Å². The highest BCUT2D eigenvalue weighted by Crippen LogP contribution is 2.24. The fraction of sp³-hybridized carbons (Fsp3) is 0.714. The van der Waals surface area contributed by atoms with Crippen molar-refractivity contribution in [3.8, 4) is 0 Å². The molecule has 0 aliphatic rings. The molecule has 0 aromatic carbocycles. The summed E-state index contributed by atoms with van der Waals surface area (Å²) in [7, 11) is 1.51. The van der Waals surface area contributed by atoms with Crippen LogP contribution < -0.4 is 5.32 Å². The van der Waals surface area contributed by atoms with Crippen molar-refractivity contribution in [2.45, 2.75) is 46.0 Å². The van der Waals surface area contributed by atoms with Crippen molar-refractivity contribution in [3.63, 3.8) is 0 Å². The van der Waals surface area contributed by atoms with Gasteiger partial charge in [0.25, 0.3) is 0 Å². The van der Waals surface area contributed by atoms with E-state index >= 15 is 0 Å². The molecule has 0 unspecified atom stereocenters. The molecule has 0 aliphatic carbocycles. The lowest BCUT2D eigenvalue weighted by molar-refractivity contribution is -0.124. The maximum Gasteiger partial charge on any atom is 0.245 e. The van der Waals surface area contributed by atoms with Gasteiger partial charge in [-0.1, -0.05) is 20.8 Å². The van der Waals surface area contributed by atoms with Gasteiger partial charge in [0.15, 0.2) is 5.89 Å².